The number of hydrogen-bond acceptors (Lipinski definition) is 4. The van der Waals surface area contributed by atoms with E-state index >= 15 is 0 Å². The zero-order valence-corrected chi connectivity index (χ0v) is 15.7. The van der Waals surface area contributed by atoms with Gasteiger partial charge in [-0.15, -0.1) is 0 Å². The lowest BCUT2D eigenvalue weighted by atomic mass is 10.0. The Morgan fingerprint density at radius 3 is 2.64 bits per heavy atom. The standard InChI is InChI=1S/C20H31N3O2/c1-15-6-4-5-7-16(15)13-23-10-8-17(9-11-23)21-20(24)19-12-18(25-3)14-22(19)2/h4-7,17-19H,8-14H2,1-3H3,(H,21,24)/t18-,19-/m0/s1. The van der Waals surface area contributed by atoms with E-state index < -0.39 is 0 Å². The van der Waals surface area contributed by atoms with E-state index in [0.717, 1.165) is 45.4 Å². The van der Waals surface area contributed by atoms with Crippen LogP contribution in [0.3, 0.4) is 0 Å². The zero-order valence-electron chi connectivity index (χ0n) is 15.7. The molecule has 5 heteroatoms. The number of carbonyl (C=O) groups is 1. The van der Waals surface area contributed by atoms with Gasteiger partial charge in [0.1, 0.15) is 0 Å². The van der Waals surface area contributed by atoms with Crippen LogP contribution in [-0.2, 0) is 16.1 Å². The highest BCUT2D eigenvalue weighted by atomic mass is 16.5. The lowest BCUT2D eigenvalue weighted by molar-refractivity contribution is -0.126. The maximum atomic E-state index is 12.6. The Morgan fingerprint density at radius 1 is 1.28 bits per heavy atom. The molecular weight excluding hydrogens is 314 g/mol. The van der Waals surface area contributed by atoms with Gasteiger partial charge >= 0.3 is 0 Å². The molecule has 5 nitrogen and oxygen atoms in total. The molecule has 2 saturated heterocycles. The molecule has 2 aliphatic heterocycles. The van der Waals surface area contributed by atoms with E-state index in [1.54, 1.807) is 7.11 Å². The maximum absolute atomic E-state index is 12.6. The van der Waals surface area contributed by atoms with E-state index in [1.165, 1.54) is 11.1 Å². The number of likely N-dealkylation sites (tertiary alicyclic amines) is 2. The Bertz CT molecular complexity index is 584. The fourth-order valence-corrected chi connectivity index (χ4v) is 3.99. The van der Waals surface area contributed by atoms with Gasteiger partial charge in [0.05, 0.1) is 12.1 Å². The Balaban J connectivity index is 1.45. The van der Waals surface area contributed by atoms with Crippen molar-refractivity contribution in [3.05, 3.63) is 35.4 Å². The number of ether oxygens (including phenoxy) is 1. The molecule has 2 heterocycles. The molecular formula is C20H31N3O2. The van der Waals surface area contributed by atoms with Crippen LogP contribution in [0, 0.1) is 6.92 Å². The van der Waals surface area contributed by atoms with Crippen LogP contribution >= 0.6 is 0 Å². The Kier molecular flexibility index (Phi) is 6.10. The Morgan fingerprint density at radius 2 is 2.00 bits per heavy atom. The number of likely N-dealkylation sites (N-methyl/N-ethyl adjacent to an activating group) is 1. The van der Waals surface area contributed by atoms with E-state index in [-0.39, 0.29) is 18.1 Å². The monoisotopic (exact) mass is 345 g/mol. The predicted molar refractivity (Wildman–Crippen MR) is 99.5 cm³/mol. The number of hydrogen-bond donors (Lipinski definition) is 1. The number of carbonyl (C=O) groups excluding carboxylic acids is 1. The molecule has 0 spiro atoms. The van der Waals surface area contributed by atoms with Crippen molar-refractivity contribution in [2.75, 3.05) is 33.8 Å². The molecule has 0 radical (unpaired) electrons. The Hall–Kier alpha value is -1.43. The van der Waals surface area contributed by atoms with Crippen molar-refractivity contribution in [3.63, 3.8) is 0 Å². The van der Waals surface area contributed by atoms with Gasteiger partial charge in [-0.05, 0) is 44.4 Å². The highest BCUT2D eigenvalue weighted by Gasteiger charge is 2.35. The summed E-state index contributed by atoms with van der Waals surface area (Å²) < 4.78 is 5.40. The van der Waals surface area contributed by atoms with Crippen molar-refractivity contribution in [2.45, 2.75) is 50.9 Å². The minimum Gasteiger partial charge on any atom is -0.380 e. The number of piperidine rings is 1. The summed E-state index contributed by atoms with van der Waals surface area (Å²) in [6, 6.07) is 8.85. The number of nitrogens with one attached hydrogen (secondary N) is 1. The van der Waals surface area contributed by atoms with Crippen molar-refractivity contribution in [3.8, 4) is 0 Å². The number of rotatable bonds is 5. The number of benzene rings is 1. The molecule has 2 aliphatic rings. The van der Waals surface area contributed by atoms with Gasteiger partial charge in [-0.2, -0.15) is 0 Å². The minimum atomic E-state index is -0.0463. The van der Waals surface area contributed by atoms with Crippen LogP contribution in [0.25, 0.3) is 0 Å². The van der Waals surface area contributed by atoms with E-state index in [9.17, 15) is 4.79 Å². The molecule has 25 heavy (non-hydrogen) atoms. The van der Waals surface area contributed by atoms with Crippen LogP contribution in [0.15, 0.2) is 24.3 Å². The third kappa shape index (κ3) is 4.60. The summed E-state index contributed by atoms with van der Waals surface area (Å²) in [6.45, 7) is 6.10. The third-order valence-corrected chi connectivity index (χ3v) is 5.73. The fourth-order valence-electron chi connectivity index (χ4n) is 3.99. The van der Waals surface area contributed by atoms with Gasteiger partial charge in [0.2, 0.25) is 5.91 Å². The molecule has 138 valence electrons. The first-order chi connectivity index (χ1) is 12.1. The highest BCUT2D eigenvalue weighted by molar-refractivity contribution is 5.82. The van der Waals surface area contributed by atoms with Crippen molar-refractivity contribution in [2.24, 2.45) is 0 Å². The Labute approximate surface area is 151 Å². The lowest BCUT2D eigenvalue weighted by Crippen LogP contribution is -2.49. The smallest absolute Gasteiger partial charge is 0.237 e. The summed E-state index contributed by atoms with van der Waals surface area (Å²) >= 11 is 0. The van der Waals surface area contributed by atoms with Crippen LogP contribution < -0.4 is 5.32 Å². The quantitative estimate of drug-likeness (QED) is 0.884. The normalized spacial score (nSPS) is 26.0. The first-order valence-electron chi connectivity index (χ1n) is 9.37. The second-order valence-electron chi connectivity index (χ2n) is 7.53. The average molecular weight is 345 g/mol. The summed E-state index contributed by atoms with van der Waals surface area (Å²) in [4.78, 5) is 17.2. The summed E-state index contributed by atoms with van der Waals surface area (Å²) in [5, 5.41) is 3.27. The number of aryl methyl sites for hydroxylation is 1. The third-order valence-electron chi connectivity index (χ3n) is 5.73. The zero-order chi connectivity index (χ0) is 17.8. The molecule has 0 aromatic heterocycles. The summed E-state index contributed by atoms with van der Waals surface area (Å²) in [6.07, 6.45) is 3.03. The fraction of sp³-hybridized carbons (Fsp3) is 0.650. The molecule has 1 amide bonds. The van der Waals surface area contributed by atoms with Crippen molar-refractivity contribution in [1.29, 1.82) is 0 Å². The van der Waals surface area contributed by atoms with E-state index in [0.29, 0.717) is 6.04 Å². The minimum absolute atomic E-state index is 0.0463. The lowest BCUT2D eigenvalue weighted by Gasteiger charge is -2.33. The summed E-state index contributed by atoms with van der Waals surface area (Å²) in [7, 11) is 3.73. The van der Waals surface area contributed by atoms with E-state index in [1.807, 2.05) is 7.05 Å². The van der Waals surface area contributed by atoms with Crippen molar-refractivity contribution >= 4 is 5.91 Å². The molecule has 2 atom stereocenters. The largest absolute Gasteiger partial charge is 0.380 e. The van der Waals surface area contributed by atoms with Gasteiger partial charge in [-0.25, -0.2) is 0 Å². The van der Waals surface area contributed by atoms with Gasteiger partial charge in [0.25, 0.3) is 0 Å². The number of nitrogens with zero attached hydrogens (tertiary/aromatic N) is 2. The first kappa shape index (κ1) is 18.4. The molecule has 2 fully saturated rings. The molecule has 0 unspecified atom stereocenters. The van der Waals surface area contributed by atoms with Crippen molar-refractivity contribution < 1.29 is 9.53 Å². The average Bonchev–Trinajstić information content (AvgIpc) is 3.00. The SMILES string of the molecule is CO[C@H]1C[C@@H](C(=O)NC2CCN(Cc3ccccc3C)CC2)N(C)C1. The molecule has 1 aromatic rings. The van der Waals surface area contributed by atoms with Gasteiger partial charge in [-0.1, -0.05) is 24.3 Å². The first-order valence-corrected chi connectivity index (χ1v) is 9.37. The molecule has 3 rings (SSSR count). The molecule has 0 saturated carbocycles. The van der Waals surface area contributed by atoms with Crippen LogP contribution in [-0.4, -0.2) is 67.7 Å². The topological polar surface area (TPSA) is 44.8 Å². The van der Waals surface area contributed by atoms with E-state index in [4.69, 9.17) is 4.74 Å². The van der Waals surface area contributed by atoms with Gasteiger partial charge in [0, 0.05) is 39.3 Å². The summed E-state index contributed by atoms with van der Waals surface area (Å²) in [5.74, 6) is 0.166. The van der Waals surface area contributed by atoms with E-state index in [2.05, 4.69) is 46.3 Å². The highest BCUT2D eigenvalue weighted by Crippen LogP contribution is 2.20. The second kappa shape index (κ2) is 8.30. The van der Waals surface area contributed by atoms with Crippen molar-refractivity contribution in [1.82, 2.24) is 15.1 Å². The second-order valence-corrected chi connectivity index (χ2v) is 7.53. The molecule has 0 aliphatic carbocycles. The summed E-state index contributed by atoms with van der Waals surface area (Å²) in [5.41, 5.74) is 2.76. The molecule has 1 aromatic carbocycles. The number of amides is 1. The molecule has 0 bridgehead atoms. The maximum Gasteiger partial charge on any atom is 0.237 e. The van der Waals surface area contributed by atoms with Crippen LogP contribution in [0.1, 0.15) is 30.4 Å². The predicted octanol–water partition coefficient (Wildman–Crippen LogP) is 1.79. The van der Waals surface area contributed by atoms with Gasteiger partial charge in [-0.3, -0.25) is 14.6 Å². The van der Waals surface area contributed by atoms with Gasteiger partial charge in [0.15, 0.2) is 0 Å². The van der Waals surface area contributed by atoms with Gasteiger partial charge < -0.3 is 10.1 Å². The molecule has 1 N–H and O–H groups in total. The van der Waals surface area contributed by atoms with Crippen LogP contribution in [0.4, 0.5) is 0 Å². The van der Waals surface area contributed by atoms with Crippen LogP contribution in [0.2, 0.25) is 0 Å². The van der Waals surface area contributed by atoms with Crippen LogP contribution in [0.5, 0.6) is 0 Å². The number of methoxy groups -OCH3 is 1.